The lowest BCUT2D eigenvalue weighted by atomic mass is 9.88. The number of rotatable bonds is 2. The summed E-state index contributed by atoms with van der Waals surface area (Å²) in [7, 11) is 0. The third kappa shape index (κ3) is 3.31. The minimum Gasteiger partial charge on any atom is -0.505 e. The van der Waals surface area contributed by atoms with Crippen molar-refractivity contribution in [3.05, 3.63) is 29.6 Å². The summed E-state index contributed by atoms with van der Waals surface area (Å²) in [6, 6.07) is 4.16. The van der Waals surface area contributed by atoms with Crippen molar-refractivity contribution in [2.45, 2.75) is 18.9 Å². The first-order valence-electron chi connectivity index (χ1n) is 5.50. The molecule has 1 atom stereocenters. The highest BCUT2D eigenvalue weighted by Gasteiger charge is 2.22. The lowest BCUT2D eigenvalue weighted by molar-refractivity contribution is 0.0583. The average molecular weight is 262 g/mol. The van der Waals surface area contributed by atoms with E-state index in [1.54, 1.807) is 6.07 Å². The van der Waals surface area contributed by atoms with Crippen LogP contribution in [0.4, 0.5) is 4.39 Å². The quantitative estimate of drug-likeness (QED) is 0.859. The van der Waals surface area contributed by atoms with Crippen LogP contribution in [0.5, 0.6) is 5.75 Å². The van der Waals surface area contributed by atoms with E-state index < -0.39 is 5.82 Å². The van der Waals surface area contributed by atoms with Crippen molar-refractivity contribution >= 4 is 12.4 Å². The van der Waals surface area contributed by atoms with Gasteiger partial charge in [0.25, 0.3) is 0 Å². The molecule has 1 heterocycles. The standard InChI is InChI=1S/C12H16FNO2.ClH/c13-10-7-9(1-2-11(10)15)12(14)8-3-5-16-6-4-8;/h1-2,7-8,12,15H,3-6,14H2;1H/t12-;/m1./s1. The van der Waals surface area contributed by atoms with Gasteiger partial charge < -0.3 is 15.6 Å². The summed E-state index contributed by atoms with van der Waals surface area (Å²) in [4.78, 5) is 0. The molecule has 96 valence electrons. The maximum atomic E-state index is 13.2. The van der Waals surface area contributed by atoms with Crippen molar-refractivity contribution in [1.29, 1.82) is 0 Å². The summed E-state index contributed by atoms with van der Waals surface area (Å²) in [5.74, 6) is -0.611. The molecule has 0 bridgehead atoms. The average Bonchev–Trinajstić information content (AvgIpc) is 2.33. The lowest BCUT2D eigenvalue weighted by Crippen LogP contribution is -2.27. The van der Waals surface area contributed by atoms with Crippen LogP contribution in [0.1, 0.15) is 24.4 Å². The van der Waals surface area contributed by atoms with Crippen LogP contribution in [0.3, 0.4) is 0 Å². The van der Waals surface area contributed by atoms with Gasteiger partial charge in [0.1, 0.15) is 0 Å². The van der Waals surface area contributed by atoms with Crippen molar-refractivity contribution in [2.75, 3.05) is 13.2 Å². The van der Waals surface area contributed by atoms with Gasteiger partial charge in [-0.2, -0.15) is 0 Å². The van der Waals surface area contributed by atoms with Crippen molar-refractivity contribution in [2.24, 2.45) is 11.7 Å². The number of hydrogen-bond donors (Lipinski definition) is 2. The number of phenols is 1. The minimum atomic E-state index is -0.611. The summed E-state index contributed by atoms with van der Waals surface area (Å²) in [5, 5.41) is 9.10. The molecule has 17 heavy (non-hydrogen) atoms. The van der Waals surface area contributed by atoms with E-state index >= 15 is 0 Å². The molecule has 3 nitrogen and oxygen atoms in total. The fourth-order valence-electron chi connectivity index (χ4n) is 2.08. The monoisotopic (exact) mass is 261 g/mol. The maximum absolute atomic E-state index is 13.2. The molecule has 0 aliphatic carbocycles. The molecule has 0 saturated carbocycles. The number of nitrogens with two attached hydrogens (primary N) is 1. The van der Waals surface area contributed by atoms with Gasteiger partial charge in [-0.05, 0) is 36.5 Å². The molecule has 1 saturated heterocycles. The predicted octanol–water partition coefficient (Wildman–Crippen LogP) is 2.38. The molecule has 1 aliphatic heterocycles. The Morgan fingerprint density at radius 1 is 1.35 bits per heavy atom. The molecule has 0 amide bonds. The molecule has 0 radical (unpaired) electrons. The topological polar surface area (TPSA) is 55.5 Å². The highest BCUT2D eigenvalue weighted by atomic mass is 35.5. The highest BCUT2D eigenvalue weighted by molar-refractivity contribution is 5.85. The predicted molar refractivity (Wildman–Crippen MR) is 65.8 cm³/mol. The molecule has 5 heteroatoms. The van der Waals surface area contributed by atoms with Crippen LogP contribution in [0.25, 0.3) is 0 Å². The molecule has 2 rings (SSSR count). The second-order valence-corrected chi connectivity index (χ2v) is 4.19. The van der Waals surface area contributed by atoms with Crippen LogP contribution >= 0.6 is 12.4 Å². The Balaban J connectivity index is 0.00000144. The smallest absolute Gasteiger partial charge is 0.165 e. The number of benzene rings is 1. The second-order valence-electron chi connectivity index (χ2n) is 4.19. The van der Waals surface area contributed by atoms with Crippen LogP contribution in [-0.4, -0.2) is 18.3 Å². The van der Waals surface area contributed by atoms with Crippen LogP contribution in [-0.2, 0) is 4.74 Å². The molecule has 3 N–H and O–H groups in total. The molecule has 1 aromatic carbocycles. The van der Waals surface area contributed by atoms with E-state index in [0.29, 0.717) is 5.92 Å². The fraction of sp³-hybridized carbons (Fsp3) is 0.500. The Morgan fingerprint density at radius 3 is 2.59 bits per heavy atom. The normalized spacial score (nSPS) is 18.5. The summed E-state index contributed by atoms with van der Waals surface area (Å²) >= 11 is 0. The Hall–Kier alpha value is -0.840. The third-order valence-electron chi connectivity index (χ3n) is 3.13. The Bertz CT molecular complexity index is 370. The van der Waals surface area contributed by atoms with Gasteiger partial charge >= 0.3 is 0 Å². The highest BCUT2D eigenvalue weighted by Crippen LogP contribution is 2.29. The van der Waals surface area contributed by atoms with E-state index in [-0.39, 0.29) is 24.2 Å². The zero-order chi connectivity index (χ0) is 11.5. The van der Waals surface area contributed by atoms with Gasteiger partial charge in [0.2, 0.25) is 0 Å². The first-order valence-corrected chi connectivity index (χ1v) is 5.50. The summed E-state index contributed by atoms with van der Waals surface area (Å²) in [5.41, 5.74) is 6.82. The molecular weight excluding hydrogens is 245 g/mol. The van der Waals surface area contributed by atoms with Crippen LogP contribution < -0.4 is 5.73 Å². The number of halogens is 2. The van der Waals surface area contributed by atoms with Crippen molar-refractivity contribution in [3.8, 4) is 5.75 Å². The minimum absolute atomic E-state index is 0. The number of ether oxygens (including phenoxy) is 1. The van der Waals surface area contributed by atoms with Crippen molar-refractivity contribution < 1.29 is 14.2 Å². The largest absolute Gasteiger partial charge is 0.505 e. The van der Waals surface area contributed by atoms with Crippen LogP contribution in [0.15, 0.2) is 18.2 Å². The van der Waals surface area contributed by atoms with Gasteiger partial charge in [-0.15, -0.1) is 12.4 Å². The van der Waals surface area contributed by atoms with E-state index in [0.717, 1.165) is 31.6 Å². The van der Waals surface area contributed by atoms with Gasteiger partial charge in [-0.3, -0.25) is 0 Å². The third-order valence-corrected chi connectivity index (χ3v) is 3.13. The van der Waals surface area contributed by atoms with Crippen molar-refractivity contribution in [1.82, 2.24) is 0 Å². The number of phenolic OH excluding ortho intramolecular Hbond substituents is 1. The SMILES string of the molecule is Cl.N[C@@H](c1ccc(O)c(F)c1)C1CCOCC1. The van der Waals surface area contributed by atoms with Gasteiger partial charge in [0, 0.05) is 19.3 Å². The molecule has 1 fully saturated rings. The lowest BCUT2D eigenvalue weighted by Gasteiger charge is -2.27. The Kier molecular flexibility index (Phi) is 5.18. The van der Waals surface area contributed by atoms with Crippen LogP contribution in [0.2, 0.25) is 0 Å². The zero-order valence-corrected chi connectivity index (χ0v) is 10.3. The van der Waals surface area contributed by atoms with Gasteiger partial charge in [-0.1, -0.05) is 6.07 Å². The van der Waals surface area contributed by atoms with E-state index in [2.05, 4.69) is 0 Å². The molecule has 0 spiro atoms. The maximum Gasteiger partial charge on any atom is 0.165 e. The molecule has 1 aromatic rings. The zero-order valence-electron chi connectivity index (χ0n) is 9.43. The van der Waals surface area contributed by atoms with E-state index in [4.69, 9.17) is 15.6 Å². The summed E-state index contributed by atoms with van der Waals surface area (Å²) in [6.07, 6.45) is 1.81. The van der Waals surface area contributed by atoms with E-state index in [1.165, 1.54) is 12.1 Å². The van der Waals surface area contributed by atoms with E-state index in [1.807, 2.05) is 0 Å². The van der Waals surface area contributed by atoms with Crippen LogP contribution in [0, 0.1) is 11.7 Å². The number of hydrogen-bond acceptors (Lipinski definition) is 3. The first kappa shape index (κ1) is 14.2. The Labute approximate surface area is 106 Å². The number of aromatic hydroxyl groups is 1. The summed E-state index contributed by atoms with van der Waals surface area (Å²) < 4.78 is 18.4. The van der Waals surface area contributed by atoms with Gasteiger partial charge in [0.15, 0.2) is 11.6 Å². The van der Waals surface area contributed by atoms with Crippen molar-refractivity contribution in [3.63, 3.8) is 0 Å². The van der Waals surface area contributed by atoms with Gasteiger partial charge in [-0.25, -0.2) is 4.39 Å². The Morgan fingerprint density at radius 2 is 2.00 bits per heavy atom. The molecule has 0 unspecified atom stereocenters. The fourth-order valence-corrected chi connectivity index (χ4v) is 2.08. The molecule has 0 aromatic heterocycles. The van der Waals surface area contributed by atoms with E-state index in [9.17, 15) is 4.39 Å². The first-order chi connectivity index (χ1) is 7.68. The summed E-state index contributed by atoms with van der Waals surface area (Å²) in [6.45, 7) is 1.44. The second kappa shape index (κ2) is 6.19. The van der Waals surface area contributed by atoms with Gasteiger partial charge in [0.05, 0.1) is 0 Å². The molecular formula is C12H17ClFNO2. The molecule has 1 aliphatic rings.